The summed E-state index contributed by atoms with van der Waals surface area (Å²) in [4.78, 5) is 26.4. The zero-order chi connectivity index (χ0) is 22.2. The summed E-state index contributed by atoms with van der Waals surface area (Å²) in [5.41, 5.74) is 1.86. The number of carbonyl (C=O) groups is 2. The van der Waals surface area contributed by atoms with E-state index in [1.807, 2.05) is 42.5 Å². The molecule has 0 spiro atoms. The van der Waals surface area contributed by atoms with Crippen molar-refractivity contribution in [3.63, 3.8) is 0 Å². The molecule has 0 saturated carbocycles. The van der Waals surface area contributed by atoms with Crippen LogP contribution >= 0.6 is 11.8 Å². The fourth-order valence-corrected chi connectivity index (χ4v) is 4.12. The van der Waals surface area contributed by atoms with Crippen LogP contribution in [-0.4, -0.2) is 41.7 Å². The fraction of sp³-hybridized carbons (Fsp3) is 0.292. The largest absolute Gasteiger partial charge is 0.465 e. The highest BCUT2D eigenvalue weighted by atomic mass is 32.2. The number of esters is 2. The molecule has 0 unspecified atom stereocenters. The first kappa shape index (κ1) is 22.6. The predicted molar refractivity (Wildman–Crippen MR) is 122 cm³/mol. The van der Waals surface area contributed by atoms with Crippen molar-refractivity contribution in [3.05, 3.63) is 65.9 Å². The van der Waals surface area contributed by atoms with Crippen LogP contribution in [0.15, 0.2) is 59.5 Å². The molecule has 0 radical (unpaired) electrons. The van der Waals surface area contributed by atoms with Gasteiger partial charge in [-0.05, 0) is 36.4 Å². The number of ether oxygens (including phenoxy) is 2. The summed E-state index contributed by atoms with van der Waals surface area (Å²) in [5, 5.41) is 4.61. The lowest BCUT2D eigenvalue weighted by molar-refractivity contribution is 0.0549. The Kier molecular flexibility index (Phi) is 7.89. The molecule has 3 rings (SSSR count). The third kappa shape index (κ3) is 5.17. The smallest absolute Gasteiger partial charge is 0.357 e. The molecule has 0 atom stereocenters. The molecule has 0 aliphatic heterocycles. The normalized spacial score (nSPS) is 10.7. The van der Waals surface area contributed by atoms with Gasteiger partial charge in [-0.2, -0.15) is 5.10 Å². The molecule has 0 bridgehead atoms. The second kappa shape index (κ2) is 10.8. The van der Waals surface area contributed by atoms with Crippen molar-refractivity contribution in [1.82, 2.24) is 9.78 Å². The SMILES string of the molecule is CCCCCSc1ccc(-c2nn(-c3ccccc3)c(C(=O)OC)c2C(=O)OC)cc1. The molecular weight excluding hydrogens is 412 g/mol. The molecule has 0 amide bonds. The predicted octanol–water partition coefficient (Wildman–Crippen LogP) is 5.39. The minimum Gasteiger partial charge on any atom is -0.465 e. The van der Waals surface area contributed by atoms with Crippen molar-refractivity contribution in [1.29, 1.82) is 0 Å². The summed E-state index contributed by atoms with van der Waals surface area (Å²) in [6.07, 6.45) is 3.60. The van der Waals surface area contributed by atoms with Gasteiger partial charge in [-0.1, -0.05) is 50.1 Å². The number of thioether (sulfide) groups is 1. The Morgan fingerprint density at radius 1 is 0.935 bits per heavy atom. The molecule has 2 aromatic carbocycles. The lowest BCUT2D eigenvalue weighted by Gasteiger charge is -2.07. The lowest BCUT2D eigenvalue weighted by Crippen LogP contribution is -2.15. The van der Waals surface area contributed by atoms with E-state index < -0.39 is 11.9 Å². The number of unbranched alkanes of at least 4 members (excludes halogenated alkanes) is 2. The van der Waals surface area contributed by atoms with Crippen LogP contribution in [0, 0.1) is 0 Å². The Bertz CT molecular complexity index is 1030. The molecule has 0 aliphatic rings. The maximum absolute atomic E-state index is 12.7. The highest BCUT2D eigenvalue weighted by Crippen LogP contribution is 2.31. The zero-order valence-corrected chi connectivity index (χ0v) is 18.8. The van der Waals surface area contributed by atoms with Crippen molar-refractivity contribution in [2.75, 3.05) is 20.0 Å². The third-order valence-corrected chi connectivity index (χ3v) is 5.90. The number of hydrogen-bond donors (Lipinski definition) is 0. The van der Waals surface area contributed by atoms with Crippen LogP contribution in [-0.2, 0) is 9.47 Å². The van der Waals surface area contributed by atoms with E-state index in [9.17, 15) is 9.59 Å². The van der Waals surface area contributed by atoms with Gasteiger partial charge in [0, 0.05) is 10.5 Å². The first-order valence-electron chi connectivity index (χ1n) is 10.2. The molecule has 0 fully saturated rings. The van der Waals surface area contributed by atoms with E-state index in [-0.39, 0.29) is 11.3 Å². The molecule has 31 heavy (non-hydrogen) atoms. The van der Waals surface area contributed by atoms with E-state index in [1.54, 1.807) is 23.9 Å². The number of benzene rings is 2. The zero-order valence-electron chi connectivity index (χ0n) is 18.0. The minimum atomic E-state index is -0.661. The average Bonchev–Trinajstić information content (AvgIpc) is 3.22. The van der Waals surface area contributed by atoms with Crippen molar-refractivity contribution in [3.8, 4) is 16.9 Å². The molecular formula is C24H26N2O4S. The average molecular weight is 439 g/mol. The summed E-state index contributed by atoms with van der Waals surface area (Å²) in [6, 6.07) is 17.0. The lowest BCUT2D eigenvalue weighted by atomic mass is 10.1. The molecule has 162 valence electrons. The van der Waals surface area contributed by atoms with Gasteiger partial charge in [0.15, 0.2) is 5.69 Å². The quantitative estimate of drug-likeness (QED) is 0.253. The van der Waals surface area contributed by atoms with Crippen LogP contribution in [0.25, 0.3) is 16.9 Å². The molecule has 6 nitrogen and oxygen atoms in total. The maximum Gasteiger partial charge on any atom is 0.357 e. The van der Waals surface area contributed by atoms with Gasteiger partial charge in [-0.15, -0.1) is 11.8 Å². The number of nitrogens with zero attached hydrogens (tertiary/aromatic N) is 2. The standard InChI is InChI=1S/C24H26N2O4S/c1-4-5-9-16-31-19-14-12-17(13-15-19)21-20(23(27)29-2)22(24(28)30-3)26(25-21)18-10-7-6-8-11-18/h6-8,10-15H,4-5,9,16H2,1-3H3. The molecule has 0 N–H and O–H groups in total. The molecule has 1 aromatic heterocycles. The second-order valence-electron chi connectivity index (χ2n) is 6.88. The summed E-state index contributed by atoms with van der Waals surface area (Å²) >= 11 is 1.80. The molecule has 1 heterocycles. The van der Waals surface area contributed by atoms with Gasteiger partial charge in [0.25, 0.3) is 0 Å². The Morgan fingerprint density at radius 3 is 2.23 bits per heavy atom. The number of carbonyl (C=O) groups excluding carboxylic acids is 2. The Hall–Kier alpha value is -3.06. The van der Waals surface area contributed by atoms with E-state index in [0.717, 1.165) is 16.2 Å². The van der Waals surface area contributed by atoms with E-state index in [1.165, 1.54) is 38.2 Å². The van der Waals surface area contributed by atoms with Crippen LogP contribution in [0.2, 0.25) is 0 Å². The Morgan fingerprint density at radius 2 is 1.61 bits per heavy atom. The van der Waals surface area contributed by atoms with E-state index in [4.69, 9.17) is 9.47 Å². The maximum atomic E-state index is 12.7. The van der Waals surface area contributed by atoms with Crippen LogP contribution in [0.1, 0.15) is 47.0 Å². The summed E-state index contributed by atoms with van der Waals surface area (Å²) in [7, 11) is 2.55. The molecule has 0 aliphatic carbocycles. The van der Waals surface area contributed by atoms with Crippen LogP contribution in [0.3, 0.4) is 0 Å². The van der Waals surface area contributed by atoms with E-state index >= 15 is 0 Å². The van der Waals surface area contributed by atoms with Gasteiger partial charge in [-0.25, -0.2) is 14.3 Å². The topological polar surface area (TPSA) is 70.4 Å². The van der Waals surface area contributed by atoms with E-state index in [0.29, 0.717) is 11.4 Å². The summed E-state index contributed by atoms with van der Waals surface area (Å²) in [6.45, 7) is 2.19. The Balaban J connectivity index is 2.06. The van der Waals surface area contributed by atoms with Crippen molar-refractivity contribution in [2.24, 2.45) is 0 Å². The van der Waals surface area contributed by atoms with Gasteiger partial charge in [-0.3, -0.25) is 0 Å². The van der Waals surface area contributed by atoms with Crippen molar-refractivity contribution < 1.29 is 19.1 Å². The van der Waals surface area contributed by atoms with Gasteiger partial charge >= 0.3 is 11.9 Å². The van der Waals surface area contributed by atoms with Crippen molar-refractivity contribution in [2.45, 2.75) is 31.1 Å². The summed E-state index contributed by atoms with van der Waals surface area (Å²) < 4.78 is 11.4. The summed E-state index contributed by atoms with van der Waals surface area (Å²) in [5.74, 6) is -0.239. The van der Waals surface area contributed by atoms with Crippen LogP contribution < -0.4 is 0 Å². The van der Waals surface area contributed by atoms with Gasteiger partial charge in [0.1, 0.15) is 11.3 Å². The second-order valence-corrected chi connectivity index (χ2v) is 8.05. The number of hydrogen-bond acceptors (Lipinski definition) is 6. The number of para-hydroxylation sites is 1. The monoisotopic (exact) mass is 438 g/mol. The number of aromatic nitrogens is 2. The molecule has 7 heteroatoms. The van der Waals surface area contributed by atoms with Crippen LogP contribution in [0.4, 0.5) is 0 Å². The first-order valence-corrected chi connectivity index (χ1v) is 11.2. The number of rotatable bonds is 9. The van der Waals surface area contributed by atoms with E-state index in [2.05, 4.69) is 12.0 Å². The molecule has 3 aromatic rings. The van der Waals surface area contributed by atoms with Gasteiger partial charge in [0.2, 0.25) is 0 Å². The number of methoxy groups -OCH3 is 2. The Labute approximate surface area is 186 Å². The first-order chi connectivity index (χ1) is 15.1. The minimum absolute atomic E-state index is 0.0357. The third-order valence-electron chi connectivity index (χ3n) is 4.80. The van der Waals surface area contributed by atoms with Gasteiger partial charge < -0.3 is 9.47 Å². The van der Waals surface area contributed by atoms with Gasteiger partial charge in [0.05, 0.1) is 19.9 Å². The highest BCUT2D eigenvalue weighted by Gasteiger charge is 2.31. The fourth-order valence-electron chi connectivity index (χ4n) is 3.21. The van der Waals surface area contributed by atoms with Crippen molar-refractivity contribution >= 4 is 23.7 Å². The highest BCUT2D eigenvalue weighted by molar-refractivity contribution is 7.99. The van der Waals surface area contributed by atoms with Crippen LogP contribution in [0.5, 0.6) is 0 Å². The molecule has 0 saturated heterocycles.